The van der Waals surface area contributed by atoms with E-state index in [1.54, 1.807) is 21.1 Å². The standard InChI is InChI=1S/C16H22N4O2/c1-19(2)15(21)10-20(3)16(22)13(17)8-11-9-18-14-7-5-4-6-12(11)14/h4-7,9,13,18H,8,10,17H2,1-3H3/t13-/m0/s1. The fraction of sp³-hybridized carbons (Fsp3) is 0.375. The number of aromatic nitrogens is 1. The summed E-state index contributed by atoms with van der Waals surface area (Å²) in [5, 5.41) is 1.07. The van der Waals surface area contributed by atoms with Crippen molar-refractivity contribution in [2.75, 3.05) is 27.7 Å². The van der Waals surface area contributed by atoms with Crippen molar-refractivity contribution in [2.24, 2.45) is 5.73 Å². The Hall–Kier alpha value is -2.34. The summed E-state index contributed by atoms with van der Waals surface area (Å²) in [7, 11) is 4.91. The van der Waals surface area contributed by atoms with Crippen LogP contribution in [-0.4, -0.2) is 60.3 Å². The van der Waals surface area contributed by atoms with E-state index in [9.17, 15) is 9.59 Å². The van der Waals surface area contributed by atoms with Gasteiger partial charge in [0.25, 0.3) is 0 Å². The van der Waals surface area contributed by atoms with Gasteiger partial charge in [0.05, 0.1) is 12.6 Å². The zero-order valence-electron chi connectivity index (χ0n) is 13.2. The number of hydrogen-bond donors (Lipinski definition) is 2. The minimum absolute atomic E-state index is 0.0351. The van der Waals surface area contributed by atoms with Crippen molar-refractivity contribution in [1.29, 1.82) is 0 Å². The summed E-state index contributed by atoms with van der Waals surface area (Å²) in [5.41, 5.74) is 8.05. The van der Waals surface area contributed by atoms with Crippen molar-refractivity contribution in [3.8, 4) is 0 Å². The molecule has 0 radical (unpaired) electrons. The van der Waals surface area contributed by atoms with E-state index in [0.717, 1.165) is 16.5 Å². The van der Waals surface area contributed by atoms with Crippen LogP contribution in [0.1, 0.15) is 5.56 Å². The summed E-state index contributed by atoms with van der Waals surface area (Å²) in [4.78, 5) is 29.9. The highest BCUT2D eigenvalue weighted by Gasteiger charge is 2.21. The predicted octanol–water partition coefficient (Wildman–Crippen LogP) is 0.584. The maximum Gasteiger partial charge on any atom is 0.241 e. The molecule has 0 spiro atoms. The Morgan fingerprint density at radius 2 is 1.91 bits per heavy atom. The number of amides is 2. The summed E-state index contributed by atoms with van der Waals surface area (Å²) >= 11 is 0. The lowest BCUT2D eigenvalue weighted by atomic mass is 10.0. The predicted molar refractivity (Wildman–Crippen MR) is 86.3 cm³/mol. The van der Waals surface area contributed by atoms with Crippen LogP contribution in [-0.2, 0) is 16.0 Å². The van der Waals surface area contributed by atoms with Crippen LogP contribution < -0.4 is 5.73 Å². The molecule has 1 aromatic heterocycles. The second kappa shape index (κ2) is 6.62. The SMILES string of the molecule is CN(C)C(=O)CN(C)C(=O)[C@@H](N)Cc1c[nH]c2ccccc12. The molecule has 0 aliphatic heterocycles. The van der Waals surface area contributed by atoms with Gasteiger partial charge in [-0.25, -0.2) is 0 Å². The maximum atomic E-state index is 12.3. The van der Waals surface area contributed by atoms with Crippen LogP contribution in [0.5, 0.6) is 0 Å². The van der Waals surface area contributed by atoms with Crippen molar-refractivity contribution >= 4 is 22.7 Å². The largest absolute Gasteiger partial charge is 0.361 e. The zero-order chi connectivity index (χ0) is 16.3. The molecule has 0 fully saturated rings. The van der Waals surface area contributed by atoms with E-state index in [0.29, 0.717) is 6.42 Å². The van der Waals surface area contributed by atoms with Crippen LogP contribution in [0, 0.1) is 0 Å². The molecule has 6 nitrogen and oxygen atoms in total. The molecule has 2 amide bonds. The van der Waals surface area contributed by atoms with Gasteiger partial charge in [-0.3, -0.25) is 9.59 Å². The fourth-order valence-electron chi connectivity index (χ4n) is 2.33. The zero-order valence-corrected chi connectivity index (χ0v) is 13.2. The lowest BCUT2D eigenvalue weighted by molar-refractivity contribution is -0.138. The van der Waals surface area contributed by atoms with Gasteiger partial charge < -0.3 is 20.5 Å². The van der Waals surface area contributed by atoms with E-state index >= 15 is 0 Å². The smallest absolute Gasteiger partial charge is 0.241 e. The first-order chi connectivity index (χ1) is 10.4. The van der Waals surface area contributed by atoms with Crippen LogP contribution in [0.25, 0.3) is 10.9 Å². The molecule has 0 saturated heterocycles. The maximum absolute atomic E-state index is 12.3. The van der Waals surface area contributed by atoms with Gasteiger partial charge in [-0.2, -0.15) is 0 Å². The summed E-state index contributed by atoms with van der Waals surface area (Å²) in [6.45, 7) is 0.0351. The molecule has 0 aliphatic carbocycles. The van der Waals surface area contributed by atoms with Gasteiger partial charge in [-0.05, 0) is 18.1 Å². The number of rotatable bonds is 5. The molecular weight excluding hydrogens is 280 g/mol. The number of nitrogens with two attached hydrogens (primary N) is 1. The Kier molecular flexibility index (Phi) is 4.82. The summed E-state index contributed by atoms with van der Waals surface area (Å²) in [6.07, 6.45) is 2.31. The topological polar surface area (TPSA) is 82.4 Å². The van der Waals surface area contributed by atoms with E-state index in [1.165, 1.54) is 9.80 Å². The summed E-state index contributed by atoms with van der Waals surface area (Å²) < 4.78 is 0. The Morgan fingerprint density at radius 3 is 2.59 bits per heavy atom. The molecule has 6 heteroatoms. The number of nitrogens with one attached hydrogen (secondary N) is 1. The van der Waals surface area contributed by atoms with Crippen LogP contribution in [0.4, 0.5) is 0 Å². The first kappa shape index (κ1) is 16.0. The molecule has 0 aliphatic rings. The number of hydrogen-bond acceptors (Lipinski definition) is 3. The summed E-state index contributed by atoms with van der Waals surface area (Å²) in [6, 6.07) is 7.22. The van der Waals surface area contributed by atoms with E-state index in [2.05, 4.69) is 4.98 Å². The number of para-hydroxylation sites is 1. The fourth-order valence-corrected chi connectivity index (χ4v) is 2.33. The number of H-pyrrole nitrogens is 1. The third-order valence-electron chi connectivity index (χ3n) is 3.68. The number of aromatic amines is 1. The Balaban J connectivity index is 2.03. The van der Waals surface area contributed by atoms with Crippen LogP contribution in [0.2, 0.25) is 0 Å². The van der Waals surface area contributed by atoms with E-state index in [-0.39, 0.29) is 18.4 Å². The number of fused-ring (bicyclic) bond motifs is 1. The van der Waals surface area contributed by atoms with Crippen LogP contribution in [0.15, 0.2) is 30.5 Å². The Morgan fingerprint density at radius 1 is 1.23 bits per heavy atom. The third-order valence-corrected chi connectivity index (χ3v) is 3.68. The van der Waals surface area contributed by atoms with Crippen molar-refractivity contribution < 1.29 is 9.59 Å². The number of likely N-dealkylation sites (N-methyl/N-ethyl adjacent to an activating group) is 2. The second-order valence-electron chi connectivity index (χ2n) is 5.65. The monoisotopic (exact) mass is 302 g/mol. The molecule has 1 atom stereocenters. The van der Waals surface area contributed by atoms with Gasteiger partial charge in [-0.15, -0.1) is 0 Å². The highest BCUT2D eigenvalue weighted by Crippen LogP contribution is 2.19. The average Bonchev–Trinajstić information content (AvgIpc) is 2.89. The first-order valence-electron chi connectivity index (χ1n) is 7.16. The number of carbonyl (C=O) groups is 2. The molecule has 0 unspecified atom stereocenters. The highest BCUT2D eigenvalue weighted by molar-refractivity contribution is 5.88. The number of benzene rings is 1. The van der Waals surface area contributed by atoms with Crippen molar-refractivity contribution in [3.63, 3.8) is 0 Å². The van der Waals surface area contributed by atoms with Gasteiger partial charge in [0.2, 0.25) is 11.8 Å². The van der Waals surface area contributed by atoms with Gasteiger partial charge >= 0.3 is 0 Å². The Labute approximate surface area is 129 Å². The van der Waals surface area contributed by atoms with E-state index in [1.807, 2.05) is 30.5 Å². The van der Waals surface area contributed by atoms with Crippen molar-refractivity contribution in [1.82, 2.24) is 14.8 Å². The minimum atomic E-state index is -0.667. The third kappa shape index (κ3) is 3.46. The molecule has 22 heavy (non-hydrogen) atoms. The normalized spacial score (nSPS) is 12.2. The van der Waals surface area contributed by atoms with Crippen molar-refractivity contribution in [2.45, 2.75) is 12.5 Å². The Bertz CT molecular complexity index is 678. The molecular formula is C16H22N4O2. The van der Waals surface area contributed by atoms with Crippen molar-refractivity contribution in [3.05, 3.63) is 36.0 Å². The molecule has 2 rings (SSSR count). The molecule has 2 aromatic rings. The molecule has 3 N–H and O–H groups in total. The highest BCUT2D eigenvalue weighted by atomic mass is 16.2. The minimum Gasteiger partial charge on any atom is -0.361 e. The molecule has 118 valence electrons. The lowest BCUT2D eigenvalue weighted by Gasteiger charge is -2.22. The molecule has 0 bridgehead atoms. The quantitative estimate of drug-likeness (QED) is 0.848. The van der Waals surface area contributed by atoms with Gasteiger partial charge in [0, 0.05) is 38.2 Å². The van der Waals surface area contributed by atoms with Gasteiger partial charge in [-0.1, -0.05) is 18.2 Å². The van der Waals surface area contributed by atoms with E-state index < -0.39 is 6.04 Å². The average molecular weight is 302 g/mol. The molecule has 1 heterocycles. The first-order valence-corrected chi connectivity index (χ1v) is 7.16. The number of nitrogens with zero attached hydrogens (tertiary/aromatic N) is 2. The lowest BCUT2D eigenvalue weighted by Crippen LogP contribution is -2.46. The summed E-state index contributed by atoms with van der Waals surface area (Å²) in [5.74, 6) is -0.365. The van der Waals surface area contributed by atoms with Crippen LogP contribution >= 0.6 is 0 Å². The van der Waals surface area contributed by atoms with Gasteiger partial charge in [0.15, 0.2) is 0 Å². The van der Waals surface area contributed by atoms with Crippen LogP contribution in [0.3, 0.4) is 0 Å². The second-order valence-corrected chi connectivity index (χ2v) is 5.65. The number of carbonyl (C=O) groups excluding carboxylic acids is 2. The molecule has 1 aromatic carbocycles. The molecule has 0 saturated carbocycles. The van der Waals surface area contributed by atoms with Gasteiger partial charge in [0.1, 0.15) is 0 Å². The van der Waals surface area contributed by atoms with E-state index in [4.69, 9.17) is 5.73 Å².